The van der Waals surface area contributed by atoms with Crippen LogP contribution in [0.2, 0.25) is 0 Å². The van der Waals surface area contributed by atoms with Gasteiger partial charge in [0.1, 0.15) is 0 Å². The van der Waals surface area contributed by atoms with Crippen molar-refractivity contribution in [1.29, 1.82) is 0 Å². The molecule has 0 spiro atoms. The molecule has 0 aromatic carbocycles. The van der Waals surface area contributed by atoms with Crippen molar-refractivity contribution in [2.75, 3.05) is 19.6 Å². The summed E-state index contributed by atoms with van der Waals surface area (Å²) in [5.74, 6) is 1.04. The Labute approximate surface area is 81.5 Å². The SMILES string of the molecule is NCCCC1CCN1CC1CCC1. The Morgan fingerprint density at radius 3 is 2.54 bits per heavy atom. The Morgan fingerprint density at radius 1 is 1.23 bits per heavy atom. The summed E-state index contributed by atoms with van der Waals surface area (Å²) in [5, 5.41) is 0. The highest BCUT2D eigenvalue weighted by Gasteiger charge is 2.30. The molecule has 1 aliphatic carbocycles. The van der Waals surface area contributed by atoms with Gasteiger partial charge < -0.3 is 10.6 Å². The third-order valence-electron chi connectivity index (χ3n) is 3.72. The minimum atomic E-state index is 0.869. The molecule has 2 nitrogen and oxygen atoms in total. The van der Waals surface area contributed by atoms with Gasteiger partial charge in [-0.3, -0.25) is 0 Å². The summed E-state index contributed by atoms with van der Waals surface area (Å²) in [4.78, 5) is 2.68. The molecule has 2 fully saturated rings. The Kier molecular flexibility index (Phi) is 3.23. The molecule has 0 bridgehead atoms. The molecule has 0 aromatic heterocycles. The van der Waals surface area contributed by atoms with E-state index in [9.17, 15) is 0 Å². The van der Waals surface area contributed by atoms with E-state index >= 15 is 0 Å². The van der Waals surface area contributed by atoms with Crippen molar-refractivity contribution in [3.05, 3.63) is 0 Å². The predicted octanol–water partition coefficient (Wildman–Crippen LogP) is 1.60. The molecular weight excluding hydrogens is 160 g/mol. The highest BCUT2D eigenvalue weighted by atomic mass is 15.2. The summed E-state index contributed by atoms with van der Waals surface area (Å²) < 4.78 is 0. The summed E-state index contributed by atoms with van der Waals surface area (Å²) in [5.41, 5.74) is 5.52. The molecule has 1 aliphatic heterocycles. The second-order valence-electron chi connectivity index (χ2n) is 4.67. The number of rotatable bonds is 5. The van der Waals surface area contributed by atoms with Crippen molar-refractivity contribution in [3.8, 4) is 0 Å². The van der Waals surface area contributed by atoms with Gasteiger partial charge in [-0.1, -0.05) is 6.42 Å². The fourth-order valence-corrected chi connectivity index (χ4v) is 2.42. The maximum Gasteiger partial charge on any atom is 0.0108 e. The predicted molar refractivity (Wildman–Crippen MR) is 55.6 cm³/mol. The molecule has 1 saturated heterocycles. The van der Waals surface area contributed by atoms with E-state index in [1.165, 1.54) is 51.6 Å². The lowest BCUT2D eigenvalue weighted by molar-refractivity contribution is 0.0478. The molecule has 0 radical (unpaired) electrons. The zero-order valence-electron chi connectivity index (χ0n) is 8.54. The zero-order valence-corrected chi connectivity index (χ0v) is 8.54. The number of hydrogen-bond donors (Lipinski definition) is 1. The van der Waals surface area contributed by atoms with Crippen molar-refractivity contribution in [2.45, 2.75) is 44.6 Å². The van der Waals surface area contributed by atoms with Gasteiger partial charge in [0.2, 0.25) is 0 Å². The van der Waals surface area contributed by atoms with E-state index in [1.807, 2.05) is 0 Å². The Balaban J connectivity index is 1.62. The first-order valence-electron chi connectivity index (χ1n) is 5.84. The Bertz CT molecular complexity index is 154. The molecule has 1 saturated carbocycles. The number of nitrogens with zero attached hydrogens (tertiary/aromatic N) is 1. The van der Waals surface area contributed by atoms with Crippen LogP contribution in [-0.2, 0) is 0 Å². The molecule has 2 N–H and O–H groups in total. The maximum atomic E-state index is 5.52. The highest BCUT2D eigenvalue weighted by Crippen LogP contribution is 2.31. The van der Waals surface area contributed by atoms with Gasteiger partial charge in [0, 0.05) is 12.6 Å². The minimum Gasteiger partial charge on any atom is -0.330 e. The first kappa shape index (κ1) is 9.47. The molecule has 0 aromatic rings. The largest absolute Gasteiger partial charge is 0.330 e. The van der Waals surface area contributed by atoms with E-state index in [1.54, 1.807) is 0 Å². The smallest absolute Gasteiger partial charge is 0.0108 e. The lowest BCUT2D eigenvalue weighted by atomic mass is 9.83. The van der Waals surface area contributed by atoms with Gasteiger partial charge >= 0.3 is 0 Å². The van der Waals surface area contributed by atoms with E-state index in [2.05, 4.69) is 4.90 Å². The molecule has 1 atom stereocenters. The zero-order chi connectivity index (χ0) is 9.10. The van der Waals surface area contributed by atoms with E-state index in [0.717, 1.165) is 18.5 Å². The van der Waals surface area contributed by atoms with Crippen molar-refractivity contribution >= 4 is 0 Å². The molecule has 0 amide bonds. The molecule has 2 rings (SSSR count). The molecule has 13 heavy (non-hydrogen) atoms. The fraction of sp³-hybridized carbons (Fsp3) is 1.00. The third-order valence-corrected chi connectivity index (χ3v) is 3.72. The van der Waals surface area contributed by atoms with Crippen LogP contribution >= 0.6 is 0 Å². The average Bonchev–Trinajstić information content (AvgIpc) is 2.00. The second-order valence-corrected chi connectivity index (χ2v) is 4.67. The van der Waals surface area contributed by atoms with Crippen LogP contribution in [-0.4, -0.2) is 30.6 Å². The van der Waals surface area contributed by atoms with Crippen molar-refractivity contribution < 1.29 is 0 Å². The lowest BCUT2D eigenvalue weighted by Gasteiger charge is -2.44. The minimum absolute atomic E-state index is 0.869. The summed E-state index contributed by atoms with van der Waals surface area (Å²) in [6, 6.07) is 0.893. The molecule has 1 heterocycles. The third kappa shape index (κ3) is 2.23. The van der Waals surface area contributed by atoms with Crippen LogP contribution in [0.3, 0.4) is 0 Å². The van der Waals surface area contributed by atoms with Gasteiger partial charge in [-0.2, -0.15) is 0 Å². The highest BCUT2D eigenvalue weighted by molar-refractivity contribution is 4.85. The summed E-state index contributed by atoms with van der Waals surface area (Å²) in [6.07, 6.45) is 8.42. The Morgan fingerprint density at radius 2 is 2.08 bits per heavy atom. The lowest BCUT2D eigenvalue weighted by Crippen LogP contribution is -2.50. The van der Waals surface area contributed by atoms with Gasteiger partial charge in [-0.05, 0) is 51.1 Å². The van der Waals surface area contributed by atoms with E-state index in [-0.39, 0.29) is 0 Å². The standard InChI is InChI=1S/C11H22N2/c12-7-2-5-11-6-8-13(11)9-10-3-1-4-10/h10-11H,1-9,12H2. The summed E-state index contributed by atoms with van der Waals surface area (Å²) >= 11 is 0. The van der Waals surface area contributed by atoms with Crippen molar-refractivity contribution in [3.63, 3.8) is 0 Å². The van der Waals surface area contributed by atoms with Gasteiger partial charge in [-0.25, -0.2) is 0 Å². The molecule has 76 valence electrons. The molecule has 2 aliphatic rings. The van der Waals surface area contributed by atoms with Crippen LogP contribution in [0.1, 0.15) is 38.5 Å². The van der Waals surface area contributed by atoms with Gasteiger partial charge in [0.25, 0.3) is 0 Å². The normalized spacial score (nSPS) is 29.8. The molecule has 2 heteroatoms. The van der Waals surface area contributed by atoms with Crippen LogP contribution in [0.5, 0.6) is 0 Å². The number of hydrogen-bond acceptors (Lipinski definition) is 2. The maximum absolute atomic E-state index is 5.52. The van der Waals surface area contributed by atoms with Gasteiger partial charge in [0.15, 0.2) is 0 Å². The van der Waals surface area contributed by atoms with E-state index in [4.69, 9.17) is 5.73 Å². The van der Waals surface area contributed by atoms with Crippen LogP contribution in [0.15, 0.2) is 0 Å². The van der Waals surface area contributed by atoms with Gasteiger partial charge in [-0.15, -0.1) is 0 Å². The number of nitrogens with two attached hydrogens (primary N) is 1. The first-order chi connectivity index (χ1) is 6.40. The van der Waals surface area contributed by atoms with E-state index in [0.29, 0.717) is 0 Å². The van der Waals surface area contributed by atoms with Gasteiger partial charge in [0.05, 0.1) is 0 Å². The van der Waals surface area contributed by atoms with Crippen molar-refractivity contribution in [2.24, 2.45) is 11.7 Å². The Hall–Kier alpha value is -0.0800. The molecular formula is C11H22N2. The van der Waals surface area contributed by atoms with E-state index < -0.39 is 0 Å². The summed E-state index contributed by atoms with van der Waals surface area (Å²) in [7, 11) is 0. The fourth-order valence-electron chi connectivity index (χ4n) is 2.42. The van der Waals surface area contributed by atoms with Crippen LogP contribution < -0.4 is 5.73 Å². The molecule has 1 unspecified atom stereocenters. The average molecular weight is 182 g/mol. The van der Waals surface area contributed by atoms with Crippen LogP contribution in [0, 0.1) is 5.92 Å². The monoisotopic (exact) mass is 182 g/mol. The van der Waals surface area contributed by atoms with Crippen LogP contribution in [0.4, 0.5) is 0 Å². The van der Waals surface area contributed by atoms with Crippen LogP contribution in [0.25, 0.3) is 0 Å². The quantitative estimate of drug-likeness (QED) is 0.700. The number of likely N-dealkylation sites (tertiary alicyclic amines) is 1. The first-order valence-corrected chi connectivity index (χ1v) is 5.84. The topological polar surface area (TPSA) is 29.3 Å². The summed E-state index contributed by atoms with van der Waals surface area (Å²) in [6.45, 7) is 3.61. The van der Waals surface area contributed by atoms with Crippen molar-refractivity contribution in [1.82, 2.24) is 4.90 Å². The second kappa shape index (κ2) is 4.43.